The Morgan fingerprint density at radius 1 is 1.29 bits per heavy atom. The second-order valence-corrected chi connectivity index (χ2v) is 11.5. The molecule has 6 heteroatoms. The number of rotatable bonds is 2. The highest BCUT2D eigenvalue weighted by Crippen LogP contribution is 2.71. The van der Waals surface area contributed by atoms with E-state index in [2.05, 4.69) is 13.5 Å². The highest BCUT2D eigenvalue weighted by molar-refractivity contribution is 5.91. The molecule has 172 valence electrons. The maximum atomic E-state index is 15.6. The lowest BCUT2D eigenvalue weighted by Crippen LogP contribution is -2.64. The molecule has 0 aromatic carbocycles. The maximum absolute atomic E-state index is 15.6. The number of carbonyl (C=O) groups excluding carboxylic acids is 1. The van der Waals surface area contributed by atoms with Crippen molar-refractivity contribution in [3.05, 3.63) is 23.8 Å². The van der Waals surface area contributed by atoms with Crippen LogP contribution in [0.15, 0.2) is 23.8 Å². The number of hydrogen-bond donors (Lipinski definition) is 2. The van der Waals surface area contributed by atoms with Crippen molar-refractivity contribution in [1.29, 1.82) is 0 Å². The summed E-state index contributed by atoms with van der Waals surface area (Å²) in [5.41, 5.74) is -0.736. The Balaban J connectivity index is 1.61. The molecule has 0 amide bonds. The number of ketones is 1. The second-order valence-electron chi connectivity index (χ2n) is 11.5. The molecule has 5 aliphatic rings. The van der Waals surface area contributed by atoms with E-state index >= 15 is 4.39 Å². The fraction of sp³-hybridized carbons (Fsp3) is 0.800. The van der Waals surface area contributed by atoms with Gasteiger partial charge in [-0.15, -0.1) is 0 Å². The van der Waals surface area contributed by atoms with E-state index in [1.54, 1.807) is 13.8 Å². The van der Waals surface area contributed by atoms with Gasteiger partial charge in [-0.3, -0.25) is 4.79 Å². The first-order valence-corrected chi connectivity index (χ1v) is 11.6. The minimum atomic E-state index is -1.31. The van der Waals surface area contributed by atoms with Gasteiger partial charge in [0, 0.05) is 5.41 Å². The number of halogens is 1. The minimum Gasteiger partial charge on any atom is -0.393 e. The molecule has 4 aliphatic carbocycles. The van der Waals surface area contributed by atoms with Crippen LogP contribution in [0.1, 0.15) is 59.8 Å². The number of fused-ring (bicyclic) bond motifs is 7. The maximum Gasteiger partial charge on any atom is 0.193 e. The molecule has 3 saturated carbocycles. The lowest BCUT2D eigenvalue weighted by molar-refractivity contribution is -0.228. The Labute approximate surface area is 183 Å². The van der Waals surface area contributed by atoms with Crippen LogP contribution in [-0.4, -0.2) is 52.4 Å². The van der Waals surface area contributed by atoms with Crippen molar-refractivity contribution >= 4 is 5.78 Å². The number of carbonyl (C=O) groups is 1. The van der Waals surface area contributed by atoms with Crippen LogP contribution in [0.25, 0.3) is 0 Å². The van der Waals surface area contributed by atoms with Gasteiger partial charge >= 0.3 is 0 Å². The number of ether oxygens (including phenoxy) is 2. The van der Waals surface area contributed by atoms with Crippen molar-refractivity contribution in [3.8, 4) is 0 Å². The van der Waals surface area contributed by atoms with Crippen LogP contribution in [-0.2, 0) is 14.3 Å². The topological polar surface area (TPSA) is 76.0 Å². The van der Waals surface area contributed by atoms with Crippen LogP contribution in [0.5, 0.6) is 0 Å². The lowest BCUT2D eigenvalue weighted by atomic mass is 9.45. The Morgan fingerprint density at radius 3 is 2.68 bits per heavy atom. The van der Waals surface area contributed by atoms with Crippen LogP contribution < -0.4 is 0 Å². The van der Waals surface area contributed by atoms with Crippen LogP contribution in [0.2, 0.25) is 0 Å². The smallest absolute Gasteiger partial charge is 0.193 e. The van der Waals surface area contributed by atoms with Crippen LogP contribution >= 0.6 is 0 Å². The predicted molar refractivity (Wildman–Crippen MR) is 113 cm³/mol. The molecule has 3 unspecified atom stereocenters. The van der Waals surface area contributed by atoms with E-state index in [0.717, 1.165) is 24.0 Å². The van der Waals surface area contributed by atoms with Crippen molar-refractivity contribution in [3.63, 3.8) is 0 Å². The molecule has 0 bridgehead atoms. The van der Waals surface area contributed by atoms with E-state index in [0.29, 0.717) is 19.3 Å². The molecule has 0 aromatic heterocycles. The number of allylic oxidation sites excluding steroid dienone is 3. The summed E-state index contributed by atoms with van der Waals surface area (Å²) in [6, 6.07) is 0. The Bertz CT molecular complexity index is 866. The van der Waals surface area contributed by atoms with Gasteiger partial charge < -0.3 is 19.7 Å². The molecule has 0 radical (unpaired) electrons. The fourth-order valence-corrected chi connectivity index (χ4v) is 8.49. The van der Waals surface area contributed by atoms with Crippen molar-refractivity contribution in [2.75, 3.05) is 6.61 Å². The summed E-state index contributed by atoms with van der Waals surface area (Å²) in [5.74, 6) is -1.54. The molecule has 4 fully saturated rings. The van der Waals surface area contributed by atoms with E-state index < -0.39 is 53.0 Å². The lowest BCUT2D eigenvalue weighted by Gasteiger charge is -2.61. The molecular weight excluding hydrogens is 399 g/mol. The molecule has 9 atom stereocenters. The van der Waals surface area contributed by atoms with Crippen LogP contribution in [0, 0.1) is 28.6 Å². The second kappa shape index (κ2) is 6.49. The first-order chi connectivity index (χ1) is 14.4. The highest BCUT2D eigenvalue weighted by Gasteiger charge is 2.77. The third-order valence-corrected chi connectivity index (χ3v) is 9.54. The zero-order valence-electron chi connectivity index (χ0n) is 19.0. The summed E-state index contributed by atoms with van der Waals surface area (Å²) in [6.07, 6.45) is 2.52. The molecule has 1 aliphatic heterocycles. The van der Waals surface area contributed by atoms with Gasteiger partial charge in [-0.1, -0.05) is 32.1 Å². The molecular formula is C25H35FO5. The minimum absolute atomic E-state index is 0.0285. The molecule has 0 spiro atoms. The SMILES string of the molecule is C=C1C=C2[C@@H](F)CC3C([C@@H](O)C[C@@]4(C)C3C[C@H]3OC(C)(C)O[C@]34C(=O)CO)[C@@]2(C)CC1. The summed E-state index contributed by atoms with van der Waals surface area (Å²) in [7, 11) is 0. The highest BCUT2D eigenvalue weighted by atomic mass is 19.1. The first-order valence-electron chi connectivity index (χ1n) is 11.6. The Morgan fingerprint density at radius 2 is 2.00 bits per heavy atom. The fourth-order valence-electron chi connectivity index (χ4n) is 8.49. The molecule has 1 heterocycles. The average molecular weight is 435 g/mol. The molecule has 1 saturated heterocycles. The van der Waals surface area contributed by atoms with Gasteiger partial charge in [-0.25, -0.2) is 4.39 Å². The summed E-state index contributed by atoms with van der Waals surface area (Å²) in [4.78, 5) is 13.2. The number of hydrogen-bond acceptors (Lipinski definition) is 5. The van der Waals surface area contributed by atoms with Gasteiger partial charge in [0.25, 0.3) is 0 Å². The Kier molecular flexibility index (Phi) is 4.56. The van der Waals surface area contributed by atoms with Crippen molar-refractivity contribution in [2.24, 2.45) is 28.6 Å². The standard InChI is InChI=1S/C25H35FO5/c1-13-6-7-23(4)16(8-13)17(26)9-14-15-10-20-25(19(29)12-27,31-22(2,3)30-20)24(15,5)11-18(28)21(14)23/h8,14-15,17-18,20-21,27-28H,1,6-7,9-12H2,2-5H3/t14?,15?,17-,18-,20+,21?,23-,24-,25+/m0/s1. The zero-order valence-corrected chi connectivity index (χ0v) is 19.0. The van der Waals surface area contributed by atoms with E-state index in [4.69, 9.17) is 9.47 Å². The van der Waals surface area contributed by atoms with E-state index in [1.165, 1.54) is 0 Å². The summed E-state index contributed by atoms with van der Waals surface area (Å²) < 4.78 is 28.1. The summed E-state index contributed by atoms with van der Waals surface area (Å²) >= 11 is 0. The van der Waals surface area contributed by atoms with Crippen LogP contribution in [0.4, 0.5) is 4.39 Å². The van der Waals surface area contributed by atoms with Gasteiger partial charge in [0.15, 0.2) is 17.2 Å². The zero-order chi connectivity index (χ0) is 22.6. The van der Waals surface area contributed by atoms with Crippen LogP contribution in [0.3, 0.4) is 0 Å². The van der Waals surface area contributed by atoms with Gasteiger partial charge in [0.1, 0.15) is 12.8 Å². The third-order valence-electron chi connectivity index (χ3n) is 9.54. The first kappa shape index (κ1) is 21.7. The molecule has 0 aromatic rings. The molecule has 2 N–H and O–H groups in total. The van der Waals surface area contributed by atoms with E-state index in [-0.39, 0.29) is 17.8 Å². The van der Waals surface area contributed by atoms with E-state index in [1.807, 2.05) is 13.0 Å². The molecule has 31 heavy (non-hydrogen) atoms. The van der Waals surface area contributed by atoms with Crippen molar-refractivity contribution < 1.29 is 28.9 Å². The predicted octanol–water partition coefficient (Wildman–Crippen LogP) is 3.49. The van der Waals surface area contributed by atoms with E-state index in [9.17, 15) is 15.0 Å². The number of aliphatic hydroxyl groups is 2. The normalized spacial score (nSPS) is 52.6. The summed E-state index contributed by atoms with van der Waals surface area (Å²) in [5, 5.41) is 21.4. The average Bonchev–Trinajstić information content (AvgIpc) is 3.08. The van der Waals surface area contributed by atoms with Gasteiger partial charge in [-0.2, -0.15) is 0 Å². The molecule has 5 rings (SSSR count). The number of aliphatic hydroxyl groups excluding tert-OH is 2. The largest absolute Gasteiger partial charge is 0.393 e. The van der Waals surface area contributed by atoms with Crippen molar-refractivity contribution in [2.45, 2.75) is 89.6 Å². The van der Waals surface area contributed by atoms with Crippen molar-refractivity contribution in [1.82, 2.24) is 0 Å². The van der Waals surface area contributed by atoms with Gasteiger partial charge in [0.05, 0.1) is 12.2 Å². The molecule has 5 nitrogen and oxygen atoms in total. The quantitative estimate of drug-likeness (QED) is 0.696. The Hall–Kier alpha value is -1.08. The number of Topliss-reactive ketones (excluding diaryl/α,β-unsaturated/α-hetero) is 1. The monoisotopic (exact) mass is 434 g/mol. The van der Waals surface area contributed by atoms with Gasteiger partial charge in [-0.05, 0) is 74.7 Å². The summed E-state index contributed by atoms with van der Waals surface area (Å²) in [6.45, 7) is 11.1. The number of alkyl halides is 1. The third kappa shape index (κ3) is 2.59. The van der Waals surface area contributed by atoms with Gasteiger partial charge in [0.2, 0.25) is 0 Å².